The van der Waals surface area contributed by atoms with E-state index in [2.05, 4.69) is 45.7 Å². The second kappa shape index (κ2) is 8.29. The van der Waals surface area contributed by atoms with E-state index in [0.29, 0.717) is 0 Å². The zero-order chi connectivity index (χ0) is 20.5. The molecular weight excluding hydrogens is 380 g/mol. The summed E-state index contributed by atoms with van der Waals surface area (Å²) in [5, 5.41) is 0. The van der Waals surface area contributed by atoms with Gasteiger partial charge in [-0.3, -0.25) is 14.8 Å². The second-order valence-electron chi connectivity index (χ2n) is 8.07. The highest BCUT2D eigenvalue weighted by molar-refractivity contribution is 6.05. The number of hydrogen-bond acceptors (Lipinski definition) is 8. The van der Waals surface area contributed by atoms with Crippen LogP contribution in [-0.4, -0.2) is 83.5 Å². The fraction of sp³-hybridized carbons (Fsp3) is 0.500. The van der Waals surface area contributed by atoms with Crippen molar-refractivity contribution in [2.24, 2.45) is 4.99 Å². The van der Waals surface area contributed by atoms with Gasteiger partial charge < -0.3 is 14.4 Å². The van der Waals surface area contributed by atoms with Crippen LogP contribution in [0.5, 0.6) is 0 Å². The smallest absolute Gasteiger partial charge is 0.186 e. The van der Waals surface area contributed by atoms with Gasteiger partial charge in [0.2, 0.25) is 0 Å². The van der Waals surface area contributed by atoms with Crippen LogP contribution in [0.15, 0.2) is 47.8 Å². The first kappa shape index (κ1) is 19.4. The summed E-state index contributed by atoms with van der Waals surface area (Å²) in [5.41, 5.74) is 2.04. The Kier molecular flexibility index (Phi) is 5.37. The Labute approximate surface area is 177 Å². The summed E-state index contributed by atoms with van der Waals surface area (Å²) in [5.74, 6) is 1.91. The summed E-state index contributed by atoms with van der Waals surface area (Å²) in [4.78, 5) is 21.4. The molecule has 2 saturated heterocycles. The van der Waals surface area contributed by atoms with Gasteiger partial charge in [0.25, 0.3) is 0 Å². The molecule has 0 N–H and O–H groups in total. The number of anilines is 2. The third kappa shape index (κ3) is 3.66. The molecule has 3 aliphatic rings. The summed E-state index contributed by atoms with van der Waals surface area (Å²) >= 11 is 0. The molecule has 3 aliphatic heterocycles. The monoisotopic (exact) mass is 408 g/mol. The maximum Gasteiger partial charge on any atom is 0.186 e. The molecule has 0 aliphatic carbocycles. The minimum atomic E-state index is -0.205. The lowest BCUT2D eigenvalue weighted by molar-refractivity contribution is -0.0789. The largest absolute Gasteiger partial charge is 0.378 e. The number of fused-ring (bicyclic) bond motifs is 1. The van der Waals surface area contributed by atoms with Crippen molar-refractivity contribution >= 4 is 17.3 Å². The van der Waals surface area contributed by atoms with Gasteiger partial charge in [0, 0.05) is 38.6 Å². The number of pyridine rings is 2. The number of rotatable bonds is 2. The average Bonchev–Trinajstić information content (AvgIpc) is 2.78. The van der Waals surface area contributed by atoms with Crippen LogP contribution < -0.4 is 4.90 Å². The summed E-state index contributed by atoms with van der Waals surface area (Å²) in [7, 11) is 0. The van der Waals surface area contributed by atoms with Crippen LogP contribution in [0.25, 0.3) is 0 Å². The number of hydrogen-bond donors (Lipinski definition) is 0. The molecule has 2 aromatic rings. The van der Waals surface area contributed by atoms with Gasteiger partial charge in [-0.1, -0.05) is 0 Å². The third-order valence-electron chi connectivity index (χ3n) is 5.73. The Morgan fingerprint density at radius 1 is 1.00 bits per heavy atom. The van der Waals surface area contributed by atoms with Gasteiger partial charge in [-0.05, 0) is 38.1 Å². The van der Waals surface area contributed by atoms with Gasteiger partial charge in [-0.2, -0.15) is 0 Å². The highest BCUT2D eigenvalue weighted by Crippen LogP contribution is 2.36. The van der Waals surface area contributed by atoms with Crippen molar-refractivity contribution < 1.29 is 9.47 Å². The van der Waals surface area contributed by atoms with Gasteiger partial charge >= 0.3 is 0 Å². The number of amidine groups is 1. The standard InChI is InChI=1S/C22H28N6O2/c1-16-14-27(15-17(2)30-16)22-25-21(26-9-11-29-12-10-26)19-6-4-8-24-20(19)28(22)18-5-3-7-23-13-18/h3-8,13,16-17,22H,9-12,14-15H2,1-2H3. The van der Waals surface area contributed by atoms with E-state index in [1.807, 2.05) is 24.5 Å². The maximum atomic E-state index is 6.00. The van der Waals surface area contributed by atoms with Gasteiger partial charge in [0.1, 0.15) is 11.7 Å². The topological polar surface area (TPSA) is 66.3 Å². The molecule has 8 heteroatoms. The lowest BCUT2D eigenvalue weighted by Gasteiger charge is -2.46. The number of nitrogens with zero attached hydrogens (tertiary/aromatic N) is 6. The van der Waals surface area contributed by atoms with Crippen molar-refractivity contribution in [1.29, 1.82) is 0 Å². The predicted octanol–water partition coefficient (Wildman–Crippen LogP) is 2.10. The zero-order valence-corrected chi connectivity index (χ0v) is 17.5. The molecule has 30 heavy (non-hydrogen) atoms. The first-order valence-electron chi connectivity index (χ1n) is 10.7. The van der Waals surface area contributed by atoms with Crippen molar-refractivity contribution in [3.05, 3.63) is 48.4 Å². The van der Waals surface area contributed by atoms with Crippen LogP contribution in [0.2, 0.25) is 0 Å². The SMILES string of the molecule is CC1CN(C2N=C(N3CCOCC3)c3cccnc3N2c2cccnc2)CC(C)O1. The lowest BCUT2D eigenvalue weighted by Crippen LogP contribution is -2.57. The van der Waals surface area contributed by atoms with Crippen LogP contribution in [0, 0.1) is 0 Å². The fourth-order valence-corrected chi connectivity index (χ4v) is 4.54. The molecule has 0 aromatic carbocycles. The zero-order valence-electron chi connectivity index (χ0n) is 17.5. The summed E-state index contributed by atoms with van der Waals surface area (Å²) < 4.78 is 11.6. The molecule has 3 atom stereocenters. The van der Waals surface area contributed by atoms with Crippen LogP contribution in [0.1, 0.15) is 19.4 Å². The fourth-order valence-electron chi connectivity index (χ4n) is 4.54. The van der Waals surface area contributed by atoms with Gasteiger partial charge in [0.05, 0.1) is 42.9 Å². The lowest BCUT2D eigenvalue weighted by atomic mass is 10.1. The van der Waals surface area contributed by atoms with E-state index >= 15 is 0 Å². The molecule has 0 radical (unpaired) electrons. The highest BCUT2D eigenvalue weighted by atomic mass is 16.5. The molecule has 0 saturated carbocycles. The summed E-state index contributed by atoms with van der Waals surface area (Å²) in [6.07, 6.45) is 5.62. The molecular formula is C22H28N6O2. The van der Waals surface area contributed by atoms with E-state index in [1.165, 1.54) is 0 Å². The van der Waals surface area contributed by atoms with E-state index in [4.69, 9.17) is 19.5 Å². The Morgan fingerprint density at radius 3 is 2.50 bits per heavy atom. The van der Waals surface area contributed by atoms with Crippen LogP contribution in [-0.2, 0) is 9.47 Å². The summed E-state index contributed by atoms with van der Waals surface area (Å²) in [6, 6.07) is 8.12. The van der Waals surface area contributed by atoms with E-state index in [1.54, 1.807) is 6.20 Å². The quantitative estimate of drug-likeness (QED) is 0.754. The maximum absolute atomic E-state index is 6.00. The Hall–Kier alpha value is -2.55. The molecule has 2 aromatic heterocycles. The van der Waals surface area contributed by atoms with Crippen molar-refractivity contribution in [2.45, 2.75) is 32.3 Å². The van der Waals surface area contributed by atoms with Gasteiger partial charge in [-0.15, -0.1) is 0 Å². The van der Waals surface area contributed by atoms with Crippen molar-refractivity contribution in [3.63, 3.8) is 0 Å². The Bertz CT molecular complexity index is 892. The van der Waals surface area contributed by atoms with Crippen LogP contribution in [0.4, 0.5) is 11.5 Å². The van der Waals surface area contributed by atoms with Gasteiger partial charge in [-0.25, -0.2) is 9.98 Å². The average molecular weight is 409 g/mol. The van der Waals surface area contributed by atoms with Crippen LogP contribution >= 0.6 is 0 Å². The third-order valence-corrected chi connectivity index (χ3v) is 5.73. The molecule has 0 bridgehead atoms. The predicted molar refractivity (Wildman–Crippen MR) is 115 cm³/mol. The first-order chi connectivity index (χ1) is 14.7. The van der Waals surface area contributed by atoms with Crippen LogP contribution in [0.3, 0.4) is 0 Å². The molecule has 0 spiro atoms. The van der Waals surface area contributed by atoms with E-state index in [0.717, 1.165) is 62.3 Å². The van der Waals surface area contributed by atoms with Crippen molar-refractivity contribution in [3.8, 4) is 0 Å². The van der Waals surface area contributed by atoms with E-state index < -0.39 is 0 Å². The minimum absolute atomic E-state index is 0.150. The van der Waals surface area contributed by atoms with E-state index in [-0.39, 0.29) is 18.5 Å². The molecule has 2 fully saturated rings. The highest BCUT2D eigenvalue weighted by Gasteiger charge is 2.38. The Morgan fingerprint density at radius 2 is 1.77 bits per heavy atom. The molecule has 3 unspecified atom stereocenters. The number of aliphatic imine (C=N–C) groups is 1. The molecule has 5 rings (SSSR count). The molecule has 0 amide bonds. The van der Waals surface area contributed by atoms with Crippen molar-refractivity contribution in [2.75, 3.05) is 44.3 Å². The van der Waals surface area contributed by atoms with E-state index in [9.17, 15) is 0 Å². The Balaban J connectivity index is 1.62. The van der Waals surface area contributed by atoms with Gasteiger partial charge in [0.15, 0.2) is 6.29 Å². The minimum Gasteiger partial charge on any atom is -0.378 e. The summed E-state index contributed by atoms with van der Waals surface area (Å²) in [6.45, 7) is 8.99. The second-order valence-corrected chi connectivity index (χ2v) is 8.07. The molecule has 8 nitrogen and oxygen atoms in total. The number of ether oxygens (including phenoxy) is 2. The number of morpholine rings is 2. The normalized spacial score (nSPS) is 27.5. The molecule has 158 valence electrons. The molecule has 5 heterocycles. The number of aromatic nitrogens is 2. The first-order valence-corrected chi connectivity index (χ1v) is 10.7. The van der Waals surface area contributed by atoms with Crippen molar-refractivity contribution in [1.82, 2.24) is 19.8 Å².